The zero-order valence-corrected chi connectivity index (χ0v) is 32.3. The number of rotatable bonds is 19. The Bertz CT molecular complexity index is 2000. The third-order valence-electron chi connectivity index (χ3n) is 10.5. The van der Waals surface area contributed by atoms with E-state index in [-0.39, 0.29) is 37.8 Å². The third-order valence-corrected chi connectivity index (χ3v) is 10.5. The summed E-state index contributed by atoms with van der Waals surface area (Å²) >= 11 is 0. The van der Waals surface area contributed by atoms with Gasteiger partial charge in [-0.15, -0.1) is 0 Å². The summed E-state index contributed by atoms with van der Waals surface area (Å²) in [6.45, 7) is 0.530. The van der Waals surface area contributed by atoms with Crippen LogP contribution in [0.2, 0.25) is 0 Å². The minimum Gasteiger partial charge on any atom is -0.391 e. The monoisotopic (exact) mass is 779 g/mol. The van der Waals surface area contributed by atoms with Gasteiger partial charge in [-0.25, -0.2) is 0 Å². The molecule has 0 aromatic heterocycles. The van der Waals surface area contributed by atoms with Crippen LogP contribution in [0.15, 0.2) is 182 Å². The van der Waals surface area contributed by atoms with Crippen molar-refractivity contribution in [2.45, 2.75) is 68.4 Å². The molecule has 0 aliphatic carbocycles. The summed E-state index contributed by atoms with van der Waals surface area (Å²) in [6.07, 6.45) is -5.03. The highest BCUT2D eigenvalue weighted by atomic mass is 16.7. The van der Waals surface area contributed by atoms with E-state index in [1.807, 2.05) is 182 Å². The van der Waals surface area contributed by atoms with Gasteiger partial charge in [0.05, 0.1) is 39.1 Å². The maximum absolute atomic E-state index is 13.2. The molecule has 0 saturated carbocycles. The fourth-order valence-electron chi connectivity index (χ4n) is 7.71. The first kappa shape index (κ1) is 40.7. The van der Waals surface area contributed by atoms with Gasteiger partial charge in [0.1, 0.15) is 23.9 Å². The molecule has 0 amide bonds. The van der Waals surface area contributed by atoms with E-state index in [0.29, 0.717) is 6.61 Å². The molecule has 6 aromatic rings. The minimum atomic E-state index is -1.38. The molecule has 298 valence electrons. The first-order valence-electron chi connectivity index (χ1n) is 19.7. The Kier molecular flexibility index (Phi) is 14.2. The van der Waals surface area contributed by atoms with E-state index in [1.165, 1.54) is 0 Å². The van der Waals surface area contributed by atoms with E-state index in [1.54, 1.807) is 0 Å². The van der Waals surface area contributed by atoms with Gasteiger partial charge >= 0.3 is 0 Å². The summed E-state index contributed by atoms with van der Waals surface area (Å²) in [5, 5.41) is 25.1. The molecule has 9 heteroatoms. The van der Waals surface area contributed by atoms with Crippen LogP contribution < -0.4 is 0 Å². The standard InChI is InChI=1S/C49H49NO8/c51-43(35-57-49(40-25-13-4-14-26-40,41-27-15-5-16-28-41)42-29-17-6-18-30-42)31-44-46(50(52)53)48(56-34-39-23-11-3-12-24-39)47(55-33-38-21-9-2-10-22-38)45(58-44)36-54-32-37-19-7-1-8-20-37/h1-30,43-48,51H,31-36H2/t43-,44-,45+,46-,47-,48+/m0/s1. The summed E-state index contributed by atoms with van der Waals surface area (Å²) in [5.74, 6) is 0. The van der Waals surface area contributed by atoms with Gasteiger partial charge in [0, 0.05) is 11.3 Å². The van der Waals surface area contributed by atoms with Crippen molar-refractivity contribution < 1.29 is 33.7 Å². The van der Waals surface area contributed by atoms with Crippen LogP contribution in [-0.2, 0) is 49.1 Å². The normalized spacial score (nSPS) is 20.0. The van der Waals surface area contributed by atoms with Gasteiger partial charge < -0.3 is 28.8 Å². The van der Waals surface area contributed by atoms with Crippen LogP contribution in [-0.4, -0.2) is 59.8 Å². The van der Waals surface area contributed by atoms with Crippen molar-refractivity contribution in [1.29, 1.82) is 0 Å². The van der Waals surface area contributed by atoms with Crippen molar-refractivity contribution in [2.24, 2.45) is 0 Å². The smallest absolute Gasteiger partial charge is 0.267 e. The first-order chi connectivity index (χ1) is 28.5. The number of benzene rings is 6. The van der Waals surface area contributed by atoms with Gasteiger partial charge in [0.15, 0.2) is 6.10 Å². The summed E-state index contributed by atoms with van der Waals surface area (Å²) in [6, 6.07) is 57.2. The fraction of sp³-hybridized carbons (Fsp3) is 0.265. The van der Waals surface area contributed by atoms with Gasteiger partial charge in [-0.05, 0) is 33.4 Å². The van der Waals surface area contributed by atoms with Gasteiger partial charge in [-0.2, -0.15) is 0 Å². The molecular weight excluding hydrogens is 731 g/mol. The van der Waals surface area contributed by atoms with Crippen LogP contribution in [0.4, 0.5) is 0 Å². The second kappa shape index (κ2) is 20.3. The second-order valence-electron chi connectivity index (χ2n) is 14.5. The van der Waals surface area contributed by atoms with Gasteiger partial charge in [0.2, 0.25) is 0 Å². The number of nitrogens with zero attached hydrogens (tertiary/aromatic N) is 1. The zero-order chi connectivity index (χ0) is 40.0. The lowest BCUT2D eigenvalue weighted by Gasteiger charge is -2.43. The van der Waals surface area contributed by atoms with E-state index in [4.69, 9.17) is 23.7 Å². The molecule has 6 atom stereocenters. The molecule has 0 unspecified atom stereocenters. The largest absolute Gasteiger partial charge is 0.391 e. The van der Waals surface area contributed by atoms with E-state index < -0.39 is 42.2 Å². The zero-order valence-electron chi connectivity index (χ0n) is 32.3. The molecule has 1 heterocycles. The maximum Gasteiger partial charge on any atom is 0.267 e. The van der Waals surface area contributed by atoms with Crippen molar-refractivity contribution in [3.05, 3.63) is 225 Å². The Labute approximate surface area is 339 Å². The quantitative estimate of drug-likeness (QED) is 0.0495. The molecule has 58 heavy (non-hydrogen) atoms. The third kappa shape index (κ3) is 10.1. The summed E-state index contributed by atoms with van der Waals surface area (Å²) in [5.41, 5.74) is 4.27. The van der Waals surface area contributed by atoms with Gasteiger partial charge in [-0.1, -0.05) is 182 Å². The number of nitro groups is 1. The number of aliphatic hydroxyl groups is 1. The molecule has 6 aromatic carbocycles. The summed E-state index contributed by atoms with van der Waals surface area (Å²) < 4.78 is 32.8. The number of hydrogen-bond donors (Lipinski definition) is 1. The molecule has 9 nitrogen and oxygen atoms in total. The number of ether oxygens (including phenoxy) is 5. The summed E-state index contributed by atoms with van der Waals surface area (Å²) in [4.78, 5) is 12.8. The molecule has 1 N–H and O–H groups in total. The predicted molar refractivity (Wildman–Crippen MR) is 221 cm³/mol. The molecular formula is C49H49NO8. The highest BCUT2D eigenvalue weighted by Gasteiger charge is 2.54. The Balaban J connectivity index is 1.18. The molecule has 7 rings (SSSR count). The highest BCUT2D eigenvalue weighted by Crippen LogP contribution is 2.41. The summed E-state index contributed by atoms with van der Waals surface area (Å²) in [7, 11) is 0. The second-order valence-corrected chi connectivity index (χ2v) is 14.5. The Morgan fingerprint density at radius 1 is 0.569 bits per heavy atom. The van der Waals surface area contributed by atoms with E-state index in [9.17, 15) is 15.2 Å². The number of hydrogen-bond acceptors (Lipinski definition) is 8. The Hall–Kier alpha value is -5.52. The Morgan fingerprint density at radius 3 is 1.40 bits per heavy atom. The van der Waals surface area contributed by atoms with Crippen molar-refractivity contribution >= 4 is 0 Å². The van der Waals surface area contributed by atoms with E-state index in [2.05, 4.69) is 0 Å². The molecule has 0 radical (unpaired) electrons. The van der Waals surface area contributed by atoms with Crippen molar-refractivity contribution in [3.63, 3.8) is 0 Å². The van der Waals surface area contributed by atoms with E-state index in [0.717, 1.165) is 33.4 Å². The van der Waals surface area contributed by atoms with Crippen LogP contribution in [0.1, 0.15) is 39.8 Å². The van der Waals surface area contributed by atoms with Gasteiger partial charge in [-0.3, -0.25) is 10.1 Å². The molecule has 1 aliphatic heterocycles. The van der Waals surface area contributed by atoms with Gasteiger partial charge in [0.25, 0.3) is 6.04 Å². The van der Waals surface area contributed by atoms with Crippen molar-refractivity contribution in [1.82, 2.24) is 0 Å². The van der Waals surface area contributed by atoms with Crippen LogP contribution in [0, 0.1) is 10.1 Å². The molecule has 0 bridgehead atoms. The molecule has 1 aliphatic rings. The molecule has 1 fully saturated rings. The van der Waals surface area contributed by atoms with E-state index >= 15 is 0 Å². The lowest BCUT2D eigenvalue weighted by molar-refractivity contribution is -0.562. The van der Waals surface area contributed by atoms with Crippen LogP contribution in [0.3, 0.4) is 0 Å². The molecule has 1 saturated heterocycles. The van der Waals surface area contributed by atoms with Crippen LogP contribution in [0.25, 0.3) is 0 Å². The predicted octanol–water partition coefficient (Wildman–Crippen LogP) is 8.55. The topological polar surface area (TPSA) is 110 Å². The van der Waals surface area contributed by atoms with Crippen LogP contribution >= 0.6 is 0 Å². The molecule has 0 spiro atoms. The van der Waals surface area contributed by atoms with Crippen molar-refractivity contribution in [3.8, 4) is 0 Å². The first-order valence-corrected chi connectivity index (χ1v) is 19.7. The lowest BCUT2D eigenvalue weighted by Crippen LogP contribution is -2.63. The maximum atomic E-state index is 13.2. The Morgan fingerprint density at radius 2 is 0.966 bits per heavy atom. The lowest BCUT2D eigenvalue weighted by atomic mass is 9.80. The minimum absolute atomic E-state index is 0.0756. The average molecular weight is 780 g/mol. The van der Waals surface area contributed by atoms with Crippen molar-refractivity contribution in [2.75, 3.05) is 13.2 Å². The van der Waals surface area contributed by atoms with Crippen LogP contribution in [0.5, 0.6) is 0 Å². The fourth-order valence-corrected chi connectivity index (χ4v) is 7.71. The average Bonchev–Trinajstić information content (AvgIpc) is 3.27. The highest BCUT2D eigenvalue weighted by molar-refractivity contribution is 5.47. The number of aliphatic hydroxyl groups excluding tert-OH is 1. The SMILES string of the molecule is O=[N+]([O-])[C@@H]1[C@@H](OCc2ccccc2)[C@@H](OCc2ccccc2)[C@@H](COCc2ccccc2)O[C@H]1C[C@H](O)COC(c1ccccc1)(c1ccccc1)c1ccccc1.